The molecule has 0 aliphatic heterocycles. The Morgan fingerprint density at radius 3 is 2.55 bits per heavy atom. The molecule has 3 aromatic rings. The van der Waals surface area contributed by atoms with Gasteiger partial charge in [-0.15, -0.1) is 0 Å². The SMILES string of the molecule is COP(=O)(COC1(Cn2cnc3c(Sc4ccc([N+](=O)[O-])cc4)nc(N)nc32)CC1C)OCOC(=O)C(C)(C)C. The molecular weight excluding hydrogens is 563 g/mol. The number of nitrogens with zero attached hydrogens (tertiary/aromatic N) is 5. The predicted octanol–water partition coefficient (Wildman–Crippen LogP) is 4.62. The molecule has 3 atom stereocenters. The molecule has 0 radical (unpaired) electrons. The highest BCUT2D eigenvalue weighted by Gasteiger charge is 2.54. The molecule has 14 nitrogen and oxygen atoms in total. The minimum atomic E-state index is -3.71. The van der Waals surface area contributed by atoms with E-state index in [4.69, 9.17) is 24.3 Å². The Morgan fingerprint density at radius 2 is 1.98 bits per heavy atom. The number of nitrogens with two attached hydrogens (primary N) is 1. The van der Waals surface area contributed by atoms with Crippen molar-refractivity contribution in [3.8, 4) is 0 Å². The van der Waals surface area contributed by atoms with Crippen LogP contribution in [0.3, 0.4) is 0 Å². The van der Waals surface area contributed by atoms with Gasteiger partial charge in [-0.2, -0.15) is 4.98 Å². The van der Waals surface area contributed by atoms with Crippen LogP contribution in [0.5, 0.6) is 0 Å². The first-order chi connectivity index (χ1) is 18.7. The van der Waals surface area contributed by atoms with E-state index in [0.29, 0.717) is 29.2 Å². The van der Waals surface area contributed by atoms with Crippen LogP contribution in [0.2, 0.25) is 0 Å². The molecule has 0 spiro atoms. The maximum Gasteiger partial charge on any atom is 0.358 e. The maximum atomic E-state index is 13.1. The van der Waals surface area contributed by atoms with E-state index in [9.17, 15) is 19.5 Å². The third kappa shape index (κ3) is 6.78. The fourth-order valence-electron chi connectivity index (χ4n) is 3.81. The molecule has 0 bridgehead atoms. The molecule has 1 aliphatic rings. The lowest BCUT2D eigenvalue weighted by Gasteiger charge is -2.23. The van der Waals surface area contributed by atoms with Crippen LogP contribution in [0.4, 0.5) is 11.6 Å². The Balaban J connectivity index is 1.46. The first kappa shape index (κ1) is 29.9. The van der Waals surface area contributed by atoms with E-state index in [1.807, 2.05) is 6.92 Å². The average Bonchev–Trinajstić information content (AvgIpc) is 3.35. The van der Waals surface area contributed by atoms with Crippen molar-refractivity contribution in [3.05, 3.63) is 40.7 Å². The number of esters is 1. The molecule has 1 aliphatic carbocycles. The Morgan fingerprint density at radius 1 is 1.30 bits per heavy atom. The normalized spacial score (nSPS) is 20.3. The standard InChI is InChI=1S/C24H31N6O8PS/c1-15-10-24(15,37-14-39(34,35-5)38-13-36-21(31)23(2,3)4)11-29-12-26-18-19(29)27-22(25)28-20(18)40-17-8-6-16(7-9-17)30(32)33/h6-9,12,15H,10-11,13-14H2,1-5H3,(H2,25,27,28). The second-order valence-electron chi connectivity index (χ2n) is 10.5. The van der Waals surface area contributed by atoms with Crippen molar-refractivity contribution in [2.75, 3.05) is 26.0 Å². The molecule has 4 rings (SSSR count). The van der Waals surface area contributed by atoms with Crippen LogP contribution in [-0.2, 0) is 34.4 Å². The van der Waals surface area contributed by atoms with E-state index in [-0.39, 0.29) is 23.9 Å². The molecular formula is C24H31N6O8PS. The molecule has 1 saturated carbocycles. The number of rotatable bonds is 12. The smallest absolute Gasteiger partial charge is 0.358 e. The number of anilines is 1. The number of fused-ring (bicyclic) bond motifs is 1. The number of nitrogen functional groups attached to an aromatic ring is 1. The number of carbonyl (C=O) groups is 1. The monoisotopic (exact) mass is 594 g/mol. The van der Waals surface area contributed by atoms with Gasteiger partial charge in [0.1, 0.15) is 16.9 Å². The summed E-state index contributed by atoms with van der Waals surface area (Å²) < 4.78 is 36.4. The van der Waals surface area contributed by atoms with E-state index in [1.165, 1.54) is 31.0 Å². The lowest BCUT2D eigenvalue weighted by atomic mass is 9.98. The predicted molar refractivity (Wildman–Crippen MR) is 146 cm³/mol. The lowest BCUT2D eigenvalue weighted by molar-refractivity contribution is -0.384. The van der Waals surface area contributed by atoms with Crippen LogP contribution in [0.25, 0.3) is 11.2 Å². The van der Waals surface area contributed by atoms with Gasteiger partial charge in [0.25, 0.3) is 5.69 Å². The molecule has 3 unspecified atom stereocenters. The van der Waals surface area contributed by atoms with Gasteiger partial charge in [-0.3, -0.25) is 24.0 Å². The van der Waals surface area contributed by atoms with E-state index in [1.54, 1.807) is 43.8 Å². The molecule has 2 aromatic heterocycles. The summed E-state index contributed by atoms with van der Waals surface area (Å²) in [5.74, 6) is -0.329. The van der Waals surface area contributed by atoms with Crippen molar-refractivity contribution in [2.45, 2.75) is 56.2 Å². The Bertz CT molecular complexity index is 1460. The second-order valence-corrected chi connectivity index (χ2v) is 13.6. The van der Waals surface area contributed by atoms with Gasteiger partial charge in [0.05, 0.1) is 28.8 Å². The van der Waals surface area contributed by atoms with Crippen LogP contribution in [0, 0.1) is 21.4 Å². The number of carbonyl (C=O) groups excluding carboxylic acids is 1. The fraction of sp³-hybridized carbons (Fsp3) is 0.500. The van der Waals surface area contributed by atoms with Crippen molar-refractivity contribution < 1.29 is 32.8 Å². The number of ether oxygens (including phenoxy) is 2. The van der Waals surface area contributed by atoms with Gasteiger partial charge in [0.2, 0.25) is 12.7 Å². The maximum absolute atomic E-state index is 13.1. The van der Waals surface area contributed by atoms with Crippen LogP contribution in [0.1, 0.15) is 34.1 Å². The first-order valence-electron chi connectivity index (χ1n) is 12.3. The van der Waals surface area contributed by atoms with Crippen LogP contribution in [-0.4, -0.2) is 56.3 Å². The van der Waals surface area contributed by atoms with Crippen molar-refractivity contribution in [1.82, 2.24) is 19.5 Å². The van der Waals surface area contributed by atoms with E-state index in [2.05, 4.69) is 15.0 Å². The molecule has 2 N–H and O–H groups in total. The zero-order chi connectivity index (χ0) is 29.3. The van der Waals surface area contributed by atoms with Gasteiger partial charge in [-0.05, 0) is 45.2 Å². The zero-order valence-corrected chi connectivity index (χ0v) is 24.4. The zero-order valence-electron chi connectivity index (χ0n) is 22.7. The van der Waals surface area contributed by atoms with Crippen molar-refractivity contribution in [2.24, 2.45) is 11.3 Å². The number of hydrogen-bond acceptors (Lipinski definition) is 13. The molecule has 40 heavy (non-hydrogen) atoms. The highest BCUT2D eigenvalue weighted by atomic mass is 32.2. The fourth-order valence-corrected chi connectivity index (χ4v) is 5.60. The number of nitro benzene ring substituents is 1. The summed E-state index contributed by atoms with van der Waals surface area (Å²) in [6.45, 7) is 6.91. The molecule has 216 valence electrons. The first-order valence-corrected chi connectivity index (χ1v) is 14.8. The van der Waals surface area contributed by atoms with Crippen molar-refractivity contribution in [3.63, 3.8) is 0 Å². The highest BCUT2D eigenvalue weighted by Crippen LogP contribution is 2.54. The minimum Gasteiger partial charge on any atom is -0.438 e. The number of imidazole rings is 1. The van der Waals surface area contributed by atoms with Crippen LogP contribution < -0.4 is 5.73 Å². The summed E-state index contributed by atoms with van der Waals surface area (Å²) in [5.41, 5.74) is 5.57. The lowest BCUT2D eigenvalue weighted by Crippen LogP contribution is -2.26. The molecule has 1 fully saturated rings. The molecule has 16 heteroatoms. The van der Waals surface area contributed by atoms with Gasteiger partial charge in [-0.25, -0.2) is 9.97 Å². The van der Waals surface area contributed by atoms with Crippen molar-refractivity contribution >= 4 is 48.1 Å². The summed E-state index contributed by atoms with van der Waals surface area (Å²) in [6, 6.07) is 6.07. The topological polar surface area (TPSA) is 184 Å². The Hall–Kier alpha value is -3.10. The summed E-state index contributed by atoms with van der Waals surface area (Å²) in [7, 11) is -2.47. The second kappa shape index (κ2) is 11.4. The van der Waals surface area contributed by atoms with Gasteiger partial charge < -0.3 is 24.3 Å². The third-order valence-corrected chi connectivity index (χ3v) is 8.87. The number of nitro groups is 1. The molecule has 1 aromatic carbocycles. The van der Waals surface area contributed by atoms with Gasteiger partial charge in [0.15, 0.2) is 5.65 Å². The molecule has 0 amide bonds. The number of aromatic nitrogens is 4. The quantitative estimate of drug-likeness (QED) is 0.0765. The van der Waals surface area contributed by atoms with E-state index < -0.39 is 36.3 Å². The van der Waals surface area contributed by atoms with Crippen molar-refractivity contribution in [1.29, 1.82) is 0 Å². The van der Waals surface area contributed by atoms with Crippen LogP contribution >= 0.6 is 19.4 Å². The highest BCUT2D eigenvalue weighted by molar-refractivity contribution is 7.99. The van der Waals surface area contributed by atoms with Gasteiger partial charge in [0, 0.05) is 24.1 Å². The Kier molecular flexibility index (Phi) is 8.52. The largest absolute Gasteiger partial charge is 0.438 e. The summed E-state index contributed by atoms with van der Waals surface area (Å²) in [6.07, 6.45) is 1.94. The minimum absolute atomic E-state index is 0.0147. The molecule has 2 heterocycles. The summed E-state index contributed by atoms with van der Waals surface area (Å²) >= 11 is 1.26. The third-order valence-electron chi connectivity index (χ3n) is 6.38. The Labute approximate surface area is 234 Å². The number of non-ortho nitro benzene ring substituents is 1. The van der Waals surface area contributed by atoms with E-state index in [0.717, 1.165) is 4.90 Å². The molecule has 0 saturated heterocycles. The van der Waals surface area contributed by atoms with Crippen LogP contribution in [0.15, 0.2) is 40.5 Å². The number of hydrogen-bond donors (Lipinski definition) is 1. The summed E-state index contributed by atoms with van der Waals surface area (Å²) in [4.78, 5) is 36.3. The van der Waals surface area contributed by atoms with E-state index >= 15 is 0 Å². The summed E-state index contributed by atoms with van der Waals surface area (Å²) in [5, 5.41) is 11.4. The average molecular weight is 595 g/mol. The van der Waals surface area contributed by atoms with Gasteiger partial charge in [-0.1, -0.05) is 18.7 Å². The van der Waals surface area contributed by atoms with Gasteiger partial charge >= 0.3 is 13.6 Å². The number of benzene rings is 1.